The molecule has 2 atom stereocenters. The molecule has 1 aliphatic carbocycles. The van der Waals surface area contributed by atoms with Crippen LogP contribution in [0.5, 0.6) is 0 Å². The Kier molecular flexibility index (Phi) is 6.63. The molecule has 1 saturated carbocycles. The number of benzene rings is 1. The lowest BCUT2D eigenvalue weighted by Gasteiger charge is -2.16. The number of hydrogen-bond acceptors (Lipinski definition) is 3. The Bertz CT molecular complexity index is 568. The van der Waals surface area contributed by atoms with E-state index in [-0.39, 0.29) is 36.2 Å². The van der Waals surface area contributed by atoms with Gasteiger partial charge < -0.3 is 16.0 Å². The zero-order valence-electron chi connectivity index (χ0n) is 13.9. The molecule has 2 amide bonds. The molecule has 2 aliphatic rings. The van der Waals surface area contributed by atoms with E-state index >= 15 is 0 Å². The molecule has 1 heterocycles. The van der Waals surface area contributed by atoms with Crippen molar-refractivity contribution in [3.63, 3.8) is 0 Å². The van der Waals surface area contributed by atoms with Gasteiger partial charge in [-0.3, -0.25) is 9.59 Å². The van der Waals surface area contributed by atoms with E-state index in [0.29, 0.717) is 32.5 Å². The molecule has 0 radical (unpaired) electrons. The molecular weight excluding hydrogens is 326 g/mol. The number of nitrogens with zero attached hydrogens (tertiary/aromatic N) is 1. The average molecular weight is 352 g/mol. The maximum atomic E-state index is 12.3. The van der Waals surface area contributed by atoms with Crippen LogP contribution in [-0.2, 0) is 22.7 Å². The summed E-state index contributed by atoms with van der Waals surface area (Å²) in [6.45, 7) is 1.99. The van der Waals surface area contributed by atoms with Crippen molar-refractivity contribution < 1.29 is 9.59 Å². The molecule has 0 saturated heterocycles. The highest BCUT2D eigenvalue weighted by atomic mass is 35.5. The van der Waals surface area contributed by atoms with E-state index < -0.39 is 0 Å². The molecule has 1 aromatic carbocycles. The van der Waals surface area contributed by atoms with Crippen molar-refractivity contribution in [2.45, 2.75) is 51.2 Å². The zero-order valence-corrected chi connectivity index (χ0v) is 14.7. The molecule has 1 aromatic rings. The minimum atomic E-state index is 0. The predicted molar refractivity (Wildman–Crippen MR) is 95.5 cm³/mol. The minimum absolute atomic E-state index is 0. The predicted octanol–water partition coefficient (Wildman–Crippen LogP) is 1.97. The Morgan fingerprint density at radius 3 is 2.42 bits per heavy atom. The summed E-state index contributed by atoms with van der Waals surface area (Å²) in [5.41, 5.74) is 8.32. The van der Waals surface area contributed by atoms with E-state index in [0.717, 1.165) is 19.3 Å². The summed E-state index contributed by atoms with van der Waals surface area (Å²) in [5.74, 6) is 0.325. The van der Waals surface area contributed by atoms with Crippen molar-refractivity contribution in [2.24, 2.45) is 11.7 Å². The highest BCUT2D eigenvalue weighted by Crippen LogP contribution is 2.24. The quantitative estimate of drug-likeness (QED) is 0.796. The van der Waals surface area contributed by atoms with E-state index in [1.165, 1.54) is 11.1 Å². The van der Waals surface area contributed by atoms with E-state index in [1.807, 2.05) is 17.0 Å². The molecule has 1 aliphatic heterocycles. The fraction of sp³-hybridized carbons (Fsp3) is 0.556. The molecule has 6 heteroatoms. The van der Waals surface area contributed by atoms with Gasteiger partial charge in [0.15, 0.2) is 0 Å². The summed E-state index contributed by atoms with van der Waals surface area (Å²) in [7, 11) is 0. The lowest BCUT2D eigenvalue weighted by Crippen LogP contribution is -2.32. The van der Waals surface area contributed by atoms with Crippen LogP contribution in [0.15, 0.2) is 24.3 Å². The van der Waals surface area contributed by atoms with E-state index in [9.17, 15) is 9.59 Å². The van der Waals surface area contributed by atoms with Crippen molar-refractivity contribution in [3.8, 4) is 0 Å². The first-order chi connectivity index (χ1) is 11.1. The van der Waals surface area contributed by atoms with Gasteiger partial charge in [-0.15, -0.1) is 12.4 Å². The molecular formula is C18H26ClN3O2. The smallest absolute Gasteiger partial charge is 0.223 e. The Morgan fingerprint density at radius 2 is 1.83 bits per heavy atom. The average Bonchev–Trinajstić information content (AvgIpc) is 3.17. The lowest BCUT2D eigenvalue weighted by molar-refractivity contribution is -0.132. The summed E-state index contributed by atoms with van der Waals surface area (Å²) in [6, 6.07) is 8.35. The first-order valence-electron chi connectivity index (χ1n) is 8.51. The molecule has 24 heavy (non-hydrogen) atoms. The molecule has 0 spiro atoms. The monoisotopic (exact) mass is 351 g/mol. The molecule has 3 N–H and O–H groups in total. The first-order valence-corrected chi connectivity index (χ1v) is 8.51. The van der Waals surface area contributed by atoms with E-state index in [4.69, 9.17) is 5.73 Å². The van der Waals surface area contributed by atoms with Crippen molar-refractivity contribution in [3.05, 3.63) is 35.4 Å². The molecule has 5 nitrogen and oxygen atoms in total. The summed E-state index contributed by atoms with van der Waals surface area (Å²) in [6.07, 6.45) is 3.79. The molecule has 0 bridgehead atoms. The van der Waals surface area contributed by atoms with Gasteiger partial charge in [-0.1, -0.05) is 24.3 Å². The highest BCUT2D eigenvalue weighted by molar-refractivity contribution is 5.85. The van der Waals surface area contributed by atoms with Crippen molar-refractivity contribution in [1.29, 1.82) is 0 Å². The highest BCUT2D eigenvalue weighted by Gasteiger charge is 2.27. The van der Waals surface area contributed by atoms with Gasteiger partial charge >= 0.3 is 0 Å². The van der Waals surface area contributed by atoms with Gasteiger partial charge in [0.05, 0.1) is 0 Å². The summed E-state index contributed by atoms with van der Waals surface area (Å²) in [5, 5.41) is 2.94. The van der Waals surface area contributed by atoms with Gasteiger partial charge in [-0.05, 0) is 36.8 Å². The van der Waals surface area contributed by atoms with Crippen LogP contribution in [0.4, 0.5) is 0 Å². The molecule has 132 valence electrons. The van der Waals surface area contributed by atoms with Crippen molar-refractivity contribution in [2.75, 3.05) is 6.54 Å². The van der Waals surface area contributed by atoms with Crippen LogP contribution >= 0.6 is 12.4 Å². The number of carbonyl (C=O) groups is 2. The molecule has 0 aromatic heterocycles. The summed E-state index contributed by atoms with van der Waals surface area (Å²) in [4.78, 5) is 26.1. The fourth-order valence-corrected chi connectivity index (χ4v) is 3.52. The van der Waals surface area contributed by atoms with Crippen LogP contribution < -0.4 is 11.1 Å². The second-order valence-corrected chi connectivity index (χ2v) is 6.68. The van der Waals surface area contributed by atoms with Gasteiger partial charge in [0.2, 0.25) is 11.8 Å². The Hall–Kier alpha value is -1.59. The van der Waals surface area contributed by atoms with Crippen LogP contribution in [-0.4, -0.2) is 29.3 Å². The maximum absolute atomic E-state index is 12.3. The number of hydrogen-bond donors (Lipinski definition) is 2. The number of nitrogens with two attached hydrogens (primary N) is 1. The maximum Gasteiger partial charge on any atom is 0.223 e. The Balaban J connectivity index is 0.00000208. The second kappa shape index (κ2) is 8.49. The third kappa shape index (κ3) is 4.48. The Labute approximate surface area is 149 Å². The van der Waals surface area contributed by atoms with Crippen molar-refractivity contribution in [1.82, 2.24) is 10.2 Å². The summed E-state index contributed by atoms with van der Waals surface area (Å²) >= 11 is 0. The minimum Gasteiger partial charge on any atom is -0.356 e. The van der Waals surface area contributed by atoms with Crippen molar-refractivity contribution >= 4 is 24.2 Å². The largest absolute Gasteiger partial charge is 0.356 e. The topological polar surface area (TPSA) is 75.4 Å². The third-order valence-electron chi connectivity index (χ3n) is 4.90. The SMILES string of the molecule is Cl.NC1CCC(C(=O)NCCCC(=O)N2Cc3ccccc3C2)C1. The summed E-state index contributed by atoms with van der Waals surface area (Å²) < 4.78 is 0. The number of halogens is 1. The van der Waals surface area contributed by atoms with Gasteiger partial charge in [-0.25, -0.2) is 0 Å². The normalized spacial score (nSPS) is 22.0. The first kappa shape index (κ1) is 18.7. The number of amides is 2. The lowest BCUT2D eigenvalue weighted by atomic mass is 10.1. The van der Waals surface area contributed by atoms with Gasteiger partial charge in [0.25, 0.3) is 0 Å². The fourth-order valence-electron chi connectivity index (χ4n) is 3.52. The number of carbonyl (C=O) groups excluding carboxylic acids is 2. The number of nitrogens with one attached hydrogen (secondary N) is 1. The van der Waals surface area contributed by atoms with E-state index in [1.54, 1.807) is 0 Å². The second-order valence-electron chi connectivity index (χ2n) is 6.68. The van der Waals surface area contributed by atoms with Gasteiger partial charge in [0, 0.05) is 38.0 Å². The zero-order chi connectivity index (χ0) is 16.2. The van der Waals surface area contributed by atoms with Crippen LogP contribution in [0, 0.1) is 5.92 Å². The number of rotatable bonds is 5. The number of fused-ring (bicyclic) bond motifs is 1. The molecule has 2 unspecified atom stereocenters. The van der Waals surface area contributed by atoms with Crippen LogP contribution in [0.3, 0.4) is 0 Å². The van der Waals surface area contributed by atoms with E-state index in [2.05, 4.69) is 17.4 Å². The van der Waals surface area contributed by atoms with Crippen LogP contribution in [0.25, 0.3) is 0 Å². The van der Waals surface area contributed by atoms with Gasteiger partial charge in [-0.2, -0.15) is 0 Å². The molecule has 1 fully saturated rings. The van der Waals surface area contributed by atoms with Crippen LogP contribution in [0.2, 0.25) is 0 Å². The third-order valence-corrected chi connectivity index (χ3v) is 4.90. The van der Waals surface area contributed by atoms with Crippen LogP contribution in [0.1, 0.15) is 43.2 Å². The van der Waals surface area contributed by atoms with Gasteiger partial charge in [0.1, 0.15) is 0 Å². The Morgan fingerprint density at radius 1 is 1.17 bits per heavy atom. The standard InChI is InChI=1S/C18H25N3O2.ClH/c19-16-8-7-13(10-16)18(23)20-9-3-6-17(22)21-11-14-4-1-2-5-15(14)12-21;/h1-2,4-5,13,16H,3,6-12,19H2,(H,20,23);1H. The molecule has 3 rings (SSSR count).